The van der Waals surface area contributed by atoms with E-state index in [4.69, 9.17) is 0 Å². The average Bonchev–Trinajstić information content (AvgIpc) is 2.63. The highest BCUT2D eigenvalue weighted by molar-refractivity contribution is 5.93. The highest BCUT2D eigenvalue weighted by atomic mass is 14.4. The molecule has 84 valence electrons. The fourth-order valence-electron chi connectivity index (χ4n) is 2.73. The maximum Gasteiger partial charge on any atom is 0.0158 e. The second kappa shape index (κ2) is 3.59. The summed E-state index contributed by atoms with van der Waals surface area (Å²) in [6, 6.07) is 19.3. The molecule has 0 atom stereocenters. The predicted molar refractivity (Wildman–Crippen MR) is 73.8 cm³/mol. The fraction of sp³-hybridized carbons (Fsp3) is 0.176. The first-order chi connectivity index (χ1) is 8.19. The molecule has 0 aromatic heterocycles. The molecule has 0 heteroatoms. The minimum absolute atomic E-state index is 0.109. The van der Waals surface area contributed by atoms with Gasteiger partial charge in [0.2, 0.25) is 0 Å². The Labute approximate surface area is 103 Å². The van der Waals surface area contributed by atoms with Gasteiger partial charge < -0.3 is 0 Å². The van der Waals surface area contributed by atoms with Crippen LogP contribution in [0, 0.1) is 0 Å². The molecule has 2 aromatic carbocycles. The largest absolute Gasteiger partial charge is 0.0622 e. The maximum atomic E-state index is 2.32. The number of rotatable bonds is 1. The van der Waals surface area contributed by atoms with Crippen LogP contribution in [0.25, 0.3) is 11.6 Å². The summed E-state index contributed by atoms with van der Waals surface area (Å²) >= 11 is 0. The van der Waals surface area contributed by atoms with Crippen LogP contribution in [0.15, 0.2) is 54.6 Å². The SMILES string of the molecule is CC1(C)C(c2ccccc2)=Cc2ccccc21. The third-order valence-corrected chi connectivity index (χ3v) is 3.69. The van der Waals surface area contributed by atoms with Gasteiger partial charge in [-0.05, 0) is 28.3 Å². The number of benzene rings is 2. The third kappa shape index (κ3) is 1.52. The Bertz CT molecular complexity index is 574. The summed E-state index contributed by atoms with van der Waals surface area (Å²) in [4.78, 5) is 0. The monoisotopic (exact) mass is 220 g/mol. The first-order valence-corrected chi connectivity index (χ1v) is 6.07. The summed E-state index contributed by atoms with van der Waals surface area (Å²) in [5.74, 6) is 0. The van der Waals surface area contributed by atoms with Crippen molar-refractivity contribution in [1.82, 2.24) is 0 Å². The summed E-state index contributed by atoms with van der Waals surface area (Å²) in [5.41, 5.74) is 5.64. The predicted octanol–water partition coefficient (Wildman–Crippen LogP) is 4.52. The van der Waals surface area contributed by atoms with E-state index in [0.29, 0.717) is 0 Å². The third-order valence-electron chi connectivity index (χ3n) is 3.69. The molecule has 2 aromatic rings. The Morgan fingerprint density at radius 1 is 0.765 bits per heavy atom. The molecule has 0 fully saturated rings. The van der Waals surface area contributed by atoms with E-state index in [-0.39, 0.29) is 5.41 Å². The lowest BCUT2D eigenvalue weighted by Crippen LogP contribution is -2.16. The lowest BCUT2D eigenvalue weighted by atomic mass is 9.78. The highest BCUT2D eigenvalue weighted by Gasteiger charge is 2.32. The molecule has 0 saturated carbocycles. The topological polar surface area (TPSA) is 0 Å². The van der Waals surface area contributed by atoms with Crippen molar-refractivity contribution in [1.29, 1.82) is 0 Å². The zero-order valence-electron chi connectivity index (χ0n) is 10.3. The van der Waals surface area contributed by atoms with Crippen molar-refractivity contribution in [3.63, 3.8) is 0 Å². The van der Waals surface area contributed by atoms with Gasteiger partial charge in [0.1, 0.15) is 0 Å². The van der Waals surface area contributed by atoms with Crippen LogP contribution in [-0.2, 0) is 5.41 Å². The zero-order chi connectivity index (χ0) is 11.9. The van der Waals surface area contributed by atoms with Crippen LogP contribution < -0.4 is 0 Å². The minimum Gasteiger partial charge on any atom is -0.0622 e. The van der Waals surface area contributed by atoms with Gasteiger partial charge in [0.25, 0.3) is 0 Å². The van der Waals surface area contributed by atoms with Gasteiger partial charge in [-0.15, -0.1) is 0 Å². The number of fused-ring (bicyclic) bond motifs is 1. The molecule has 0 bridgehead atoms. The average molecular weight is 220 g/mol. The van der Waals surface area contributed by atoms with Crippen LogP contribution in [0.5, 0.6) is 0 Å². The number of hydrogen-bond donors (Lipinski definition) is 0. The standard InChI is InChI=1S/C17H16/c1-17(2)15-11-7-6-10-14(15)12-16(17)13-8-4-3-5-9-13/h3-12H,1-2H3. The van der Waals surface area contributed by atoms with Crippen molar-refractivity contribution >= 4 is 11.6 Å². The van der Waals surface area contributed by atoms with Crippen LogP contribution in [0.3, 0.4) is 0 Å². The Balaban J connectivity index is 2.17. The molecule has 17 heavy (non-hydrogen) atoms. The van der Waals surface area contributed by atoms with Crippen molar-refractivity contribution in [2.24, 2.45) is 0 Å². The van der Waals surface area contributed by atoms with Crippen LogP contribution in [0.1, 0.15) is 30.5 Å². The van der Waals surface area contributed by atoms with Crippen LogP contribution in [-0.4, -0.2) is 0 Å². The van der Waals surface area contributed by atoms with Crippen molar-refractivity contribution in [3.8, 4) is 0 Å². The first-order valence-electron chi connectivity index (χ1n) is 6.07. The molecule has 0 nitrogen and oxygen atoms in total. The summed E-state index contributed by atoms with van der Waals surface area (Å²) < 4.78 is 0. The smallest absolute Gasteiger partial charge is 0.0158 e. The first kappa shape index (κ1) is 10.3. The van der Waals surface area contributed by atoms with Crippen molar-refractivity contribution < 1.29 is 0 Å². The van der Waals surface area contributed by atoms with Gasteiger partial charge in [-0.3, -0.25) is 0 Å². The van der Waals surface area contributed by atoms with Gasteiger partial charge >= 0.3 is 0 Å². The highest BCUT2D eigenvalue weighted by Crippen LogP contribution is 2.46. The van der Waals surface area contributed by atoms with Crippen molar-refractivity contribution in [2.45, 2.75) is 19.3 Å². The lowest BCUT2D eigenvalue weighted by Gasteiger charge is -2.25. The van der Waals surface area contributed by atoms with Gasteiger partial charge in [0, 0.05) is 5.41 Å². The number of hydrogen-bond acceptors (Lipinski definition) is 0. The summed E-state index contributed by atoms with van der Waals surface area (Å²) in [7, 11) is 0. The lowest BCUT2D eigenvalue weighted by molar-refractivity contribution is 0.704. The Morgan fingerprint density at radius 3 is 2.12 bits per heavy atom. The van der Waals surface area contributed by atoms with E-state index in [2.05, 4.69) is 74.5 Å². The van der Waals surface area contributed by atoms with Gasteiger partial charge in [0.15, 0.2) is 0 Å². The Morgan fingerprint density at radius 2 is 1.41 bits per heavy atom. The molecule has 0 radical (unpaired) electrons. The molecule has 0 unspecified atom stereocenters. The Kier molecular flexibility index (Phi) is 2.19. The fourth-order valence-corrected chi connectivity index (χ4v) is 2.73. The van der Waals surface area contributed by atoms with Crippen molar-refractivity contribution in [3.05, 3.63) is 71.3 Å². The van der Waals surface area contributed by atoms with Crippen LogP contribution >= 0.6 is 0 Å². The molecule has 0 amide bonds. The van der Waals surface area contributed by atoms with E-state index in [1.165, 1.54) is 22.3 Å². The molecule has 1 aliphatic carbocycles. The Hall–Kier alpha value is -1.82. The van der Waals surface area contributed by atoms with E-state index < -0.39 is 0 Å². The minimum atomic E-state index is 0.109. The van der Waals surface area contributed by atoms with Gasteiger partial charge in [-0.1, -0.05) is 68.4 Å². The van der Waals surface area contributed by atoms with Gasteiger partial charge in [-0.2, -0.15) is 0 Å². The molecule has 0 heterocycles. The summed E-state index contributed by atoms with van der Waals surface area (Å²) in [6.07, 6.45) is 2.32. The van der Waals surface area contributed by atoms with Crippen molar-refractivity contribution in [2.75, 3.05) is 0 Å². The van der Waals surface area contributed by atoms with E-state index in [1.807, 2.05) is 0 Å². The second-order valence-corrected chi connectivity index (χ2v) is 5.14. The normalized spacial score (nSPS) is 16.5. The quantitative estimate of drug-likeness (QED) is 0.663. The molecular weight excluding hydrogens is 204 g/mol. The zero-order valence-corrected chi connectivity index (χ0v) is 10.3. The molecule has 0 spiro atoms. The van der Waals surface area contributed by atoms with Crippen LogP contribution in [0.4, 0.5) is 0 Å². The van der Waals surface area contributed by atoms with Gasteiger partial charge in [0.05, 0.1) is 0 Å². The van der Waals surface area contributed by atoms with E-state index in [9.17, 15) is 0 Å². The summed E-state index contributed by atoms with van der Waals surface area (Å²) in [6.45, 7) is 4.61. The molecule has 0 saturated heterocycles. The number of allylic oxidation sites excluding steroid dienone is 1. The second-order valence-electron chi connectivity index (χ2n) is 5.14. The van der Waals surface area contributed by atoms with Crippen LogP contribution in [0.2, 0.25) is 0 Å². The maximum absolute atomic E-state index is 2.32. The summed E-state index contributed by atoms with van der Waals surface area (Å²) in [5, 5.41) is 0. The molecule has 3 rings (SSSR count). The van der Waals surface area contributed by atoms with E-state index in [0.717, 1.165) is 0 Å². The molecule has 0 aliphatic heterocycles. The molecular formula is C17H16. The molecule has 1 aliphatic rings. The van der Waals surface area contributed by atoms with E-state index >= 15 is 0 Å². The van der Waals surface area contributed by atoms with E-state index in [1.54, 1.807) is 0 Å². The van der Waals surface area contributed by atoms with Gasteiger partial charge in [-0.25, -0.2) is 0 Å². The molecule has 0 N–H and O–H groups in total.